The molecule has 0 saturated heterocycles. The van der Waals surface area contributed by atoms with Gasteiger partial charge in [0.1, 0.15) is 5.52 Å². The van der Waals surface area contributed by atoms with E-state index in [4.69, 9.17) is 0 Å². The van der Waals surface area contributed by atoms with Gasteiger partial charge in [-0.05, 0) is 35.2 Å². The Bertz CT molecular complexity index is 847. The molecule has 0 unspecified atom stereocenters. The zero-order valence-electron chi connectivity index (χ0n) is 9.12. The topological polar surface area (TPSA) is 38.7 Å². The molecule has 2 heterocycles. The Morgan fingerprint density at radius 3 is 2.89 bits per heavy atom. The lowest BCUT2D eigenvalue weighted by molar-refractivity contribution is 1.20. The van der Waals surface area contributed by atoms with E-state index in [0.717, 1.165) is 21.5 Å². The lowest BCUT2D eigenvalue weighted by Crippen LogP contribution is -1.79. The molecule has 18 heavy (non-hydrogen) atoms. The fourth-order valence-electron chi connectivity index (χ4n) is 1.94. The van der Waals surface area contributed by atoms with Crippen molar-refractivity contribution in [3.63, 3.8) is 0 Å². The van der Waals surface area contributed by atoms with Gasteiger partial charge in [-0.15, -0.1) is 5.10 Å². The molecule has 2 aromatic heterocycles. The molecule has 3 nitrogen and oxygen atoms in total. The molecule has 0 saturated carbocycles. The van der Waals surface area contributed by atoms with Gasteiger partial charge in [-0.2, -0.15) is 4.37 Å². The van der Waals surface area contributed by atoms with Crippen LogP contribution in [0.1, 0.15) is 0 Å². The molecule has 85 valence electrons. The predicted octanol–water partition coefficient (Wildman–Crippen LogP) is 3.77. The van der Waals surface area contributed by atoms with Crippen LogP contribution in [0.3, 0.4) is 0 Å². The minimum absolute atomic E-state index is 0.814. The van der Waals surface area contributed by atoms with Gasteiger partial charge in [0.15, 0.2) is 0 Å². The van der Waals surface area contributed by atoms with Crippen LogP contribution in [-0.4, -0.2) is 14.0 Å². The molecule has 0 aliphatic heterocycles. The van der Waals surface area contributed by atoms with Gasteiger partial charge < -0.3 is 0 Å². The SMILES string of the molecule is [c]1c(-c2nsc3ccccc23)ccc2snnc12. The third-order valence-electron chi connectivity index (χ3n) is 2.80. The average Bonchev–Trinajstić information content (AvgIpc) is 3.04. The van der Waals surface area contributed by atoms with Crippen molar-refractivity contribution in [3.8, 4) is 11.3 Å². The number of benzene rings is 2. The summed E-state index contributed by atoms with van der Waals surface area (Å²) < 4.78 is 10.7. The Kier molecular flexibility index (Phi) is 2.15. The maximum atomic E-state index is 4.52. The Morgan fingerprint density at radius 1 is 0.944 bits per heavy atom. The first kappa shape index (κ1) is 10.1. The van der Waals surface area contributed by atoms with Gasteiger partial charge in [-0.25, -0.2) is 0 Å². The van der Waals surface area contributed by atoms with E-state index in [2.05, 4.69) is 32.2 Å². The molecule has 0 N–H and O–H groups in total. The van der Waals surface area contributed by atoms with Crippen molar-refractivity contribution in [3.05, 3.63) is 42.5 Å². The van der Waals surface area contributed by atoms with Gasteiger partial charge in [0.25, 0.3) is 0 Å². The van der Waals surface area contributed by atoms with E-state index in [1.807, 2.05) is 24.3 Å². The maximum Gasteiger partial charge on any atom is 0.114 e. The molecule has 5 heteroatoms. The van der Waals surface area contributed by atoms with E-state index < -0.39 is 0 Å². The van der Waals surface area contributed by atoms with Gasteiger partial charge in [-0.1, -0.05) is 28.8 Å². The minimum Gasteiger partial charge on any atom is -0.191 e. The van der Waals surface area contributed by atoms with Crippen molar-refractivity contribution in [1.82, 2.24) is 14.0 Å². The van der Waals surface area contributed by atoms with E-state index in [-0.39, 0.29) is 0 Å². The van der Waals surface area contributed by atoms with E-state index >= 15 is 0 Å². The van der Waals surface area contributed by atoms with Crippen LogP contribution in [0.5, 0.6) is 0 Å². The minimum atomic E-state index is 0.814. The molecule has 1 radical (unpaired) electrons. The van der Waals surface area contributed by atoms with Crippen LogP contribution in [0.4, 0.5) is 0 Å². The van der Waals surface area contributed by atoms with E-state index in [9.17, 15) is 0 Å². The number of hydrogen-bond donors (Lipinski definition) is 0. The standard InChI is InChI=1S/C13H6N3S2/c1-2-4-11-9(3-1)13(15-17-11)8-5-6-12-10(7-8)14-16-18-12/h1-6H. The van der Waals surface area contributed by atoms with Crippen molar-refractivity contribution < 1.29 is 0 Å². The Morgan fingerprint density at radius 2 is 1.89 bits per heavy atom. The molecule has 0 amide bonds. The summed E-state index contributed by atoms with van der Waals surface area (Å²) >= 11 is 2.90. The van der Waals surface area contributed by atoms with Crippen molar-refractivity contribution in [1.29, 1.82) is 0 Å². The molecular formula is C13H6N3S2. The molecule has 2 aromatic carbocycles. The number of rotatable bonds is 1. The van der Waals surface area contributed by atoms with Crippen LogP contribution in [0, 0.1) is 6.07 Å². The summed E-state index contributed by atoms with van der Waals surface area (Å²) in [6.07, 6.45) is 0. The molecule has 4 rings (SSSR count). The summed E-state index contributed by atoms with van der Waals surface area (Å²) in [5.74, 6) is 0. The molecule has 0 spiro atoms. The van der Waals surface area contributed by atoms with E-state index in [1.54, 1.807) is 0 Å². The number of hydrogen-bond acceptors (Lipinski definition) is 5. The molecule has 4 aromatic rings. The molecule has 0 atom stereocenters. The van der Waals surface area contributed by atoms with Crippen LogP contribution in [0.25, 0.3) is 31.6 Å². The normalized spacial score (nSPS) is 11.3. The van der Waals surface area contributed by atoms with Crippen LogP contribution in [0.15, 0.2) is 36.4 Å². The fourth-order valence-corrected chi connectivity index (χ4v) is 3.25. The number of aromatic nitrogens is 3. The predicted molar refractivity (Wildman–Crippen MR) is 74.9 cm³/mol. The van der Waals surface area contributed by atoms with Gasteiger partial charge in [0.05, 0.1) is 15.1 Å². The summed E-state index contributed by atoms with van der Waals surface area (Å²) in [7, 11) is 0. The second-order valence-corrected chi connectivity index (χ2v) is 5.48. The van der Waals surface area contributed by atoms with Gasteiger partial charge in [0, 0.05) is 17.0 Å². The molecule has 0 aliphatic carbocycles. The summed E-state index contributed by atoms with van der Waals surface area (Å²) in [5.41, 5.74) is 2.77. The quantitative estimate of drug-likeness (QED) is 0.527. The Balaban J connectivity index is 2.00. The van der Waals surface area contributed by atoms with Crippen LogP contribution in [0.2, 0.25) is 0 Å². The Hall–Kier alpha value is -1.85. The van der Waals surface area contributed by atoms with Crippen molar-refractivity contribution in [2.75, 3.05) is 0 Å². The first-order chi connectivity index (χ1) is 8.92. The van der Waals surface area contributed by atoms with Crippen LogP contribution in [-0.2, 0) is 0 Å². The third-order valence-corrected chi connectivity index (χ3v) is 4.32. The zero-order chi connectivity index (χ0) is 11.9. The largest absolute Gasteiger partial charge is 0.191 e. The van der Waals surface area contributed by atoms with Crippen molar-refractivity contribution in [2.45, 2.75) is 0 Å². The summed E-state index contributed by atoms with van der Waals surface area (Å²) in [4.78, 5) is 0. The monoisotopic (exact) mass is 268 g/mol. The maximum absolute atomic E-state index is 4.52. The summed E-state index contributed by atoms with van der Waals surface area (Å²) in [5, 5.41) is 5.23. The fraction of sp³-hybridized carbons (Fsp3) is 0. The number of fused-ring (bicyclic) bond motifs is 2. The second-order valence-electron chi connectivity index (χ2n) is 3.89. The lowest BCUT2D eigenvalue weighted by Gasteiger charge is -1.96. The van der Waals surface area contributed by atoms with Gasteiger partial charge >= 0.3 is 0 Å². The van der Waals surface area contributed by atoms with Gasteiger partial charge in [0.2, 0.25) is 0 Å². The van der Waals surface area contributed by atoms with E-state index in [1.165, 1.54) is 33.2 Å². The molecular weight excluding hydrogens is 262 g/mol. The lowest BCUT2D eigenvalue weighted by atomic mass is 10.1. The molecule has 0 bridgehead atoms. The second kappa shape index (κ2) is 3.83. The summed E-state index contributed by atoms with van der Waals surface area (Å²) in [6.45, 7) is 0. The van der Waals surface area contributed by atoms with Crippen molar-refractivity contribution in [2.24, 2.45) is 0 Å². The van der Waals surface area contributed by atoms with E-state index in [0.29, 0.717) is 0 Å². The smallest absolute Gasteiger partial charge is 0.114 e. The highest BCUT2D eigenvalue weighted by atomic mass is 32.1. The highest BCUT2D eigenvalue weighted by Gasteiger charge is 2.09. The third kappa shape index (κ3) is 1.45. The Labute approximate surface area is 111 Å². The van der Waals surface area contributed by atoms with Crippen LogP contribution < -0.4 is 0 Å². The average molecular weight is 268 g/mol. The highest BCUT2D eigenvalue weighted by molar-refractivity contribution is 7.13. The van der Waals surface area contributed by atoms with Crippen molar-refractivity contribution >= 4 is 43.4 Å². The zero-order valence-corrected chi connectivity index (χ0v) is 10.8. The molecule has 0 aliphatic rings. The highest BCUT2D eigenvalue weighted by Crippen LogP contribution is 2.31. The first-order valence-corrected chi connectivity index (χ1v) is 6.96. The van der Waals surface area contributed by atoms with Gasteiger partial charge in [-0.3, -0.25) is 0 Å². The first-order valence-electron chi connectivity index (χ1n) is 5.41. The molecule has 0 fully saturated rings. The summed E-state index contributed by atoms with van der Waals surface area (Å²) in [6, 6.07) is 15.6. The number of nitrogens with zero attached hydrogens (tertiary/aromatic N) is 3. The van der Waals surface area contributed by atoms with Crippen LogP contribution >= 0.6 is 23.1 Å².